The van der Waals surface area contributed by atoms with Gasteiger partial charge in [-0.1, -0.05) is 0 Å². The summed E-state index contributed by atoms with van der Waals surface area (Å²) in [6.07, 6.45) is 0. The van der Waals surface area contributed by atoms with Crippen LogP contribution in [0.15, 0.2) is 47.4 Å². The van der Waals surface area contributed by atoms with Crippen molar-refractivity contribution in [2.75, 3.05) is 39.1 Å². The summed E-state index contributed by atoms with van der Waals surface area (Å²) in [5.41, 5.74) is 0.455. The number of rotatable bonds is 8. The first-order valence-corrected chi connectivity index (χ1v) is 10.1. The average Bonchev–Trinajstić information content (AvgIpc) is 2.57. The minimum atomic E-state index is -3.67. The lowest BCUT2D eigenvalue weighted by Gasteiger charge is -2.14. The number of ether oxygens (including phenoxy) is 2. The number of nitrogens with zero attached hydrogens (tertiary/aromatic N) is 1. The quantitative estimate of drug-likeness (QED) is 0.594. The van der Waals surface area contributed by atoms with Gasteiger partial charge in [0, 0.05) is 12.6 Å². The number of anilines is 1. The highest BCUT2D eigenvalue weighted by Gasteiger charge is 2.15. The monoisotopic (exact) mass is 476 g/mol. The van der Waals surface area contributed by atoms with Crippen molar-refractivity contribution in [1.29, 1.82) is 0 Å². The number of nitrogens with one attached hydrogen (secondary N) is 1. The van der Waals surface area contributed by atoms with Crippen LogP contribution in [-0.4, -0.2) is 47.7 Å². The molecule has 0 aliphatic carbocycles. The molecule has 0 radical (unpaired) electrons. The summed E-state index contributed by atoms with van der Waals surface area (Å²) in [5, 5.41) is 0. The van der Waals surface area contributed by atoms with Crippen LogP contribution in [0.3, 0.4) is 0 Å². The second kappa shape index (κ2) is 8.72. The molecule has 0 heterocycles. The summed E-state index contributed by atoms with van der Waals surface area (Å²) in [7, 11) is 1.79. The molecule has 2 aromatic rings. The van der Waals surface area contributed by atoms with E-state index < -0.39 is 10.0 Å². The van der Waals surface area contributed by atoms with Crippen LogP contribution in [0.4, 0.5) is 5.69 Å². The Bertz CT molecular complexity index is 808. The highest BCUT2D eigenvalue weighted by atomic mass is 127. The Morgan fingerprint density at radius 1 is 1.12 bits per heavy atom. The van der Waals surface area contributed by atoms with Gasteiger partial charge >= 0.3 is 0 Å². The second-order valence-electron chi connectivity index (χ2n) is 5.58. The Labute approximate surface area is 162 Å². The number of halogens is 1. The van der Waals surface area contributed by atoms with Gasteiger partial charge in [0.25, 0.3) is 10.0 Å². The molecule has 6 nitrogen and oxygen atoms in total. The SMILES string of the molecule is COc1ccc(S(=O)(=O)Nc2ccc(I)c(OCCN(C)C)c2)cc1. The van der Waals surface area contributed by atoms with Crippen LogP contribution in [-0.2, 0) is 10.0 Å². The molecule has 2 aromatic carbocycles. The lowest BCUT2D eigenvalue weighted by molar-refractivity contribution is 0.260. The second-order valence-corrected chi connectivity index (χ2v) is 8.42. The van der Waals surface area contributed by atoms with Crippen LogP contribution in [0.5, 0.6) is 11.5 Å². The van der Waals surface area contributed by atoms with E-state index in [9.17, 15) is 8.42 Å². The van der Waals surface area contributed by atoms with Crippen molar-refractivity contribution in [2.45, 2.75) is 4.90 Å². The van der Waals surface area contributed by atoms with Crippen LogP contribution in [0.1, 0.15) is 0 Å². The highest BCUT2D eigenvalue weighted by Crippen LogP contribution is 2.27. The van der Waals surface area contributed by atoms with Gasteiger partial charge in [0.2, 0.25) is 0 Å². The van der Waals surface area contributed by atoms with Crippen LogP contribution >= 0.6 is 22.6 Å². The van der Waals surface area contributed by atoms with Crippen LogP contribution in [0, 0.1) is 3.57 Å². The average molecular weight is 476 g/mol. The summed E-state index contributed by atoms with van der Waals surface area (Å²) >= 11 is 2.16. The Morgan fingerprint density at radius 2 is 1.80 bits per heavy atom. The smallest absolute Gasteiger partial charge is 0.261 e. The fourth-order valence-corrected chi connectivity index (χ4v) is 3.53. The molecule has 0 aliphatic heterocycles. The molecule has 0 saturated heterocycles. The van der Waals surface area contributed by atoms with Crippen LogP contribution in [0.25, 0.3) is 0 Å². The predicted molar refractivity (Wildman–Crippen MR) is 107 cm³/mol. The fraction of sp³-hybridized carbons (Fsp3) is 0.294. The van der Waals surface area contributed by atoms with E-state index in [1.54, 1.807) is 24.3 Å². The lowest BCUT2D eigenvalue weighted by Crippen LogP contribution is -2.19. The normalized spacial score (nSPS) is 11.4. The Morgan fingerprint density at radius 3 is 2.40 bits per heavy atom. The van der Waals surface area contributed by atoms with Gasteiger partial charge in [-0.05, 0) is 73.1 Å². The summed E-state index contributed by atoms with van der Waals surface area (Å²) in [6, 6.07) is 11.4. The van der Waals surface area contributed by atoms with E-state index >= 15 is 0 Å². The number of benzene rings is 2. The van der Waals surface area contributed by atoms with E-state index in [1.807, 2.05) is 25.1 Å². The van der Waals surface area contributed by atoms with Gasteiger partial charge in [0.1, 0.15) is 18.1 Å². The molecule has 0 bridgehead atoms. The number of methoxy groups -OCH3 is 1. The molecule has 0 aromatic heterocycles. The number of hydrogen-bond donors (Lipinski definition) is 1. The van der Waals surface area contributed by atoms with E-state index in [0.29, 0.717) is 23.8 Å². The van der Waals surface area contributed by atoms with E-state index in [0.717, 1.165) is 10.1 Å². The zero-order valence-electron chi connectivity index (χ0n) is 14.3. The maximum Gasteiger partial charge on any atom is 0.261 e. The zero-order chi connectivity index (χ0) is 18.4. The molecule has 0 aliphatic rings. The largest absolute Gasteiger partial charge is 0.497 e. The Balaban J connectivity index is 2.15. The summed E-state index contributed by atoms with van der Waals surface area (Å²) < 4.78 is 39.3. The molecule has 2 rings (SSSR count). The predicted octanol–water partition coefficient (Wildman–Crippen LogP) is 3.04. The summed E-state index contributed by atoms with van der Waals surface area (Å²) in [5.74, 6) is 1.25. The van der Waals surface area contributed by atoms with E-state index in [-0.39, 0.29) is 4.90 Å². The number of likely N-dealkylation sites (N-methyl/N-ethyl adjacent to an activating group) is 1. The molecule has 0 fully saturated rings. The third kappa shape index (κ3) is 5.75. The minimum Gasteiger partial charge on any atom is -0.497 e. The highest BCUT2D eigenvalue weighted by molar-refractivity contribution is 14.1. The summed E-state index contributed by atoms with van der Waals surface area (Å²) in [4.78, 5) is 2.19. The molecule has 0 atom stereocenters. The van der Waals surface area contributed by atoms with Gasteiger partial charge in [-0.25, -0.2) is 8.42 Å². The third-order valence-electron chi connectivity index (χ3n) is 3.35. The third-order valence-corrected chi connectivity index (χ3v) is 5.64. The molecule has 0 saturated carbocycles. The van der Waals surface area contributed by atoms with E-state index in [1.165, 1.54) is 19.2 Å². The summed E-state index contributed by atoms with van der Waals surface area (Å²) in [6.45, 7) is 1.30. The Hall–Kier alpha value is -1.52. The van der Waals surface area contributed by atoms with Crippen molar-refractivity contribution in [3.63, 3.8) is 0 Å². The molecule has 25 heavy (non-hydrogen) atoms. The first kappa shape index (κ1) is 19.8. The molecule has 0 amide bonds. The maximum absolute atomic E-state index is 12.5. The van der Waals surface area contributed by atoms with Crippen LogP contribution in [0.2, 0.25) is 0 Å². The lowest BCUT2D eigenvalue weighted by atomic mass is 10.3. The zero-order valence-corrected chi connectivity index (χ0v) is 17.3. The standard InChI is InChI=1S/C17H21IN2O4S/c1-20(2)10-11-24-17-12-13(4-9-16(17)18)19-25(21,22)15-7-5-14(23-3)6-8-15/h4-9,12,19H,10-11H2,1-3H3. The maximum atomic E-state index is 12.5. The molecule has 136 valence electrons. The van der Waals surface area contributed by atoms with E-state index in [4.69, 9.17) is 9.47 Å². The minimum absolute atomic E-state index is 0.168. The molecule has 1 N–H and O–H groups in total. The molecular formula is C17H21IN2O4S. The number of sulfonamides is 1. The van der Waals surface area contributed by atoms with Gasteiger partial charge in [0.15, 0.2) is 0 Å². The van der Waals surface area contributed by atoms with Crippen molar-refractivity contribution < 1.29 is 17.9 Å². The van der Waals surface area contributed by atoms with Gasteiger partial charge in [-0.2, -0.15) is 0 Å². The molecule has 0 unspecified atom stereocenters. The van der Waals surface area contributed by atoms with Crippen LogP contribution < -0.4 is 14.2 Å². The van der Waals surface area contributed by atoms with Crippen molar-refractivity contribution in [2.24, 2.45) is 0 Å². The van der Waals surface area contributed by atoms with Crippen molar-refractivity contribution in [1.82, 2.24) is 4.90 Å². The topological polar surface area (TPSA) is 67.9 Å². The fourth-order valence-electron chi connectivity index (χ4n) is 1.98. The van der Waals surface area contributed by atoms with Crippen molar-refractivity contribution >= 4 is 38.3 Å². The number of hydrogen-bond acceptors (Lipinski definition) is 5. The molecule has 0 spiro atoms. The van der Waals surface area contributed by atoms with E-state index in [2.05, 4.69) is 27.3 Å². The van der Waals surface area contributed by atoms with Crippen molar-refractivity contribution in [3.05, 3.63) is 46.0 Å². The Kier molecular flexibility index (Phi) is 6.91. The first-order valence-electron chi connectivity index (χ1n) is 7.56. The van der Waals surface area contributed by atoms with Gasteiger partial charge in [-0.3, -0.25) is 4.72 Å². The molecule has 8 heteroatoms. The van der Waals surface area contributed by atoms with Crippen molar-refractivity contribution in [3.8, 4) is 11.5 Å². The van der Waals surface area contributed by atoms with Gasteiger partial charge < -0.3 is 14.4 Å². The van der Waals surface area contributed by atoms with Gasteiger partial charge in [0.05, 0.1) is 21.3 Å². The molecular weight excluding hydrogens is 455 g/mol. The van der Waals surface area contributed by atoms with Gasteiger partial charge in [-0.15, -0.1) is 0 Å². The first-order chi connectivity index (χ1) is 11.8.